The maximum absolute atomic E-state index is 12.1. The Kier molecular flexibility index (Phi) is 4.45. The Morgan fingerprint density at radius 3 is 2.50 bits per heavy atom. The summed E-state index contributed by atoms with van der Waals surface area (Å²) >= 11 is 0. The van der Waals surface area contributed by atoms with Gasteiger partial charge >= 0.3 is 5.97 Å². The van der Waals surface area contributed by atoms with Gasteiger partial charge in [-0.15, -0.1) is 0 Å². The Hall–Kier alpha value is -1.40. The van der Waals surface area contributed by atoms with E-state index in [-0.39, 0.29) is 12.0 Å². The van der Waals surface area contributed by atoms with E-state index in [0.717, 1.165) is 0 Å². The minimum Gasteiger partial charge on any atom is -0.481 e. The van der Waals surface area contributed by atoms with Crippen molar-refractivity contribution in [1.82, 2.24) is 5.32 Å². The van der Waals surface area contributed by atoms with Crippen LogP contribution in [0.15, 0.2) is 12.2 Å². The third-order valence-electron chi connectivity index (χ3n) is 3.66. The van der Waals surface area contributed by atoms with Crippen LogP contribution in [0.1, 0.15) is 26.7 Å². The zero-order valence-electron chi connectivity index (χ0n) is 11.8. The van der Waals surface area contributed by atoms with Crippen molar-refractivity contribution < 1.29 is 24.2 Å². The highest BCUT2D eigenvalue weighted by Crippen LogP contribution is 2.26. The monoisotopic (exact) mass is 283 g/mol. The molecule has 0 aromatic rings. The standard InChI is InChI=1S/C14H21NO5/c1-14(2)19-8-9(20-14)7-15-12(16)10-5-3-4-6-11(10)13(17)18/h3-4,9-11H,5-8H2,1-2H3,(H,15,16)(H,17,18)/t9?,10-,11+/m1/s1. The second kappa shape index (κ2) is 5.93. The number of aliphatic carboxylic acids is 1. The van der Waals surface area contributed by atoms with Crippen LogP contribution in [0.25, 0.3) is 0 Å². The zero-order chi connectivity index (χ0) is 14.8. The molecule has 1 fully saturated rings. The second-order valence-electron chi connectivity index (χ2n) is 5.69. The Labute approximate surface area is 118 Å². The molecule has 0 aromatic carbocycles. The van der Waals surface area contributed by atoms with Crippen LogP contribution in [-0.2, 0) is 19.1 Å². The minimum atomic E-state index is -0.920. The average molecular weight is 283 g/mol. The lowest BCUT2D eigenvalue weighted by molar-refractivity contribution is -0.148. The van der Waals surface area contributed by atoms with E-state index in [1.165, 1.54) is 0 Å². The van der Waals surface area contributed by atoms with E-state index in [4.69, 9.17) is 14.6 Å². The van der Waals surface area contributed by atoms with Crippen molar-refractivity contribution in [1.29, 1.82) is 0 Å². The normalized spacial score (nSPS) is 32.0. The van der Waals surface area contributed by atoms with Crippen molar-refractivity contribution >= 4 is 11.9 Å². The minimum absolute atomic E-state index is 0.184. The molecule has 1 saturated heterocycles. The number of amides is 1. The van der Waals surface area contributed by atoms with Crippen molar-refractivity contribution in [2.24, 2.45) is 11.8 Å². The van der Waals surface area contributed by atoms with Crippen LogP contribution in [0.3, 0.4) is 0 Å². The number of carbonyl (C=O) groups is 2. The van der Waals surface area contributed by atoms with Gasteiger partial charge in [-0.1, -0.05) is 12.2 Å². The van der Waals surface area contributed by atoms with Gasteiger partial charge in [0, 0.05) is 6.54 Å². The second-order valence-corrected chi connectivity index (χ2v) is 5.69. The van der Waals surface area contributed by atoms with Crippen molar-refractivity contribution in [3.8, 4) is 0 Å². The molecule has 0 radical (unpaired) electrons. The number of nitrogens with one attached hydrogen (secondary N) is 1. The summed E-state index contributed by atoms with van der Waals surface area (Å²) in [6, 6.07) is 0. The lowest BCUT2D eigenvalue weighted by Crippen LogP contribution is -2.42. The molecule has 1 aliphatic heterocycles. The first-order chi connectivity index (χ1) is 9.39. The van der Waals surface area contributed by atoms with Gasteiger partial charge in [0.05, 0.1) is 18.4 Å². The van der Waals surface area contributed by atoms with Gasteiger partial charge in [0.2, 0.25) is 5.91 Å². The predicted octanol–water partition coefficient (Wildman–Crippen LogP) is 0.921. The van der Waals surface area contributed by atoms with Crippen molar-refractivity contribution in [3.63, 3.8) is 0 Å². The Morgan fingerprint density at radius 1 is 1.30 bits per heavy atom. The van der Waals surface area contributed by atoms with Gasteiger partial charge in [0.15, 0.2) is 5.79 Å². The number of carboxylic acids is 1. The summed E-state index contributed by atoms with van der Waals surface area (Å²) < 4.78 is 11.0. The predicted molar refractivity (Wildman–Crippen MR) is 70.9 cm³/mol. The van der Waals surface area contributed by atoms with Gasteiger partial charge in [0.25, 0.3) is 0 Å². The number of ether oxygens (including phenoxy) is 2. The van der Waals surface area contributed by atoms with Gasteiger partial charge in [0.1, 0.15) is 6.10 Å². The lowest BCUT2D eigenvalue weighted by Gasteiger charge is -2.25. The molecule has 1 heterocycles. The van der Waals surface area contributed by atoms with Gasteiger partial charge < -0.3 is 19.9 Å². The largest absolute Gasteiger partial charge is 0.481 e. The maximum Gasteiger partial charge on any atom is 0.307 e. The summed E-state index contributed by atoms with van der Waals surface area (Å²) in [6.45, 7) is 4.41. The van der Waals surface area contributed by atoms with Crippen LogP contribution < -0.4 is 5.32 Å². The van der Waals surface area contributed by atoms with Crippen molar-refractivity contribution in [3.05, 3.63) is 12.2 Å². The fourth-order valence-corrected chi connectivity index (χ4v) is 2.59. The molecular formula is C14H21NO5. The number of rotatable bonds is 4. The first-order valence-corrected chi connectivity index (χ1v) is 6.86. The summed E-state index contributed by atoms with van der Waals surface area (Å²) in [5.41, 5.74) is 0. The molecule has 2 N–H and O–H groups in total. The summed E-state index contributed by atoms with van der Waals surface area (Å²) in [5, 5.41) is 11.9. The van der Waals surface area contributed by atoms with Crippen molar-refractivity contribution in [2.45, 2.75) is 38.6 Å². The van der Waals surface area contributed by atoms with Crippen LogP contribution in [0, 0.1) is 11.8 Å². The summed E-state index contributed by atoms with van der Waals surface area (Å²) in [5.74, 6) is -2.91. The van der Waals surface area contributed by atoms with E-state index in [2.05, 4.69) is 5.32 Å². The number of hydrogen-bond acceptors (Lipinski definition) is 4. The molecule has 1 unspecified atom stereocenters. The first-order valence-electron chi connectivity index (χ1n) is 6.86. The number of carboxylic acid groups (broad SMARTS) is 1. The summed E-state index contributed by atoms with van der Waals surface area (Å²) in [6.07, 6.45) is 4.37. The van der Waals surface area contributed by atoms with Gasteiger partial charge in [-0.2, -0.15) is 0 Å². The highest BCUT2D eigenvalue weighted by Gasteiger charge is 2.36. The SMILES string of the molecule is CC1(C)OCC(CNC(=O)[C@@H]2CC=CC[C@@H]2C(=O)O)O1. The molecule has 0 spiro atoms. The molecular weight excluding hydrogens is 262 g/mol. The van der Waals surface area contributed by atoms with Gasteiger partial charge in [-0.3, -0.25) is 9.59 Å². The van der Waals surface area contributed by atoms with Gasteiger partial charge in [-0.25, -0.2) is 0 Å². The number of hydrogen-bond donors (Lipinski definition) is 2. The Morgan fingerprint density at radius 2 is 1.95 bits per heavy atom. The van der Waals surface area contributed by atoms with E-state index in [1.54, 1.807) is 0 Å². The molecule has 20 heavy (non-hydrogen) atoms. The van der Waals surface area contributed by atoms with Crippen LogP contribution in [0.4, 0.5) is 0 Å². The molecule has 6 heteroatoms. The van der Waals surface area contributed by atoms with E-state index >= 15 is 0 Å². The van der Waals surface area contributed by atoms with Crippen LogP contribution in [0.5, 0.6) is 0 Å². The van der Waals surface area contributed by atoms with Crippen molar-refractivity contribution in [2.75, 3.05) is 13.2 Å². The molecule has 0 saturated carbocycles. The fourth-order valence-electron chi connectivity index (χ4n) is 2.59. The van der Waals surface area contributed by atoms with E-state index in [1.807, 2.05) is 26.0 Å². The maximum atomic E-state index is 12.1. The Bertz CT molecular complexity index is 418. The summed E-state index contributed by atoms with van der Waals surface area (Å²) in [7, 11) is 0. The van der Waals surface area contributed by atoms with E-state index in [9.17, 15) is 9.59 Å². The van der Waals surface area contributed by atoms with Crippen LogP contribution in [-0.4, -0.2) is 42.0 Å². The molecule has 0 bridgehead atoms. The van der Waals surface area contributed by atoms with Crippen LogP contribution >= 0.6 is 0 Å². The molecule has 6 nitrogen and oxygen atoms in total. The Balaban J connectivity index is 1.85. The fraction of sp³-hybridized carbons (Fsp3) is 0.714. The molecule has 3 atom stereocenters. The molecule has 0 aromatic heterocycles. The molecule has 2 rings (SSSR count). The van der Waals surface area contributed by atoms with Crippen LogP contribution in [0.2, 0.25) is 0 Å². The average Bonchev–Trinajstić information content (AvgIpc) is 2.75. The van der Waals surface area contributed by atoms with E-state index in [0.29, 0.717) is 26.0 Å². The lowest BCUT2D eigenvalue weighted by atomic mass is 9.82. The zero-order valence-corrected chi connectivity index (χ0v) is 11.8. The van der Waals surface area contributed by atoms with E-state index < -0.39 is 23.6 Å². The quantitative estimate of drug-likeness (QED) is 0.749. The van der Waals surface area contributed by atoms with Gasteiger partial charge in [-0.05, 0) is 26.7 Å². The number of carbonyl (C=O) groups excluding carboxylic acids is 1. The molecule has 112 valence electrons. The summed E-state index contributed by atoms with van der Waals surface area (Å²) in [4.78, 5) is 23.3. The first kappa shape index (κ1) is 15.0. The smallest absolute Gasteiger partial charge is 0.307 e. The highest BCUT2D eigenvalue weighted by atomic mass is 16.7. The highest BCUT2D eigenvalue weighted by molar-refractivity contribution is 5.85. The molecule has 1 amide bonds. The molecule has 2 aliphatic rings. The third-order valence-corrected chi connectivity index (χ3v) is 3.66. The number of allylic oxidation sites excluding steroid dienone is 2. The topological polar surface area (TPSA) is 84.9 Å². The molecule has 1 aliphatic carbocycles. The third kappa shape index (κ3) is 3.58.